The first kappa shape index (κ1) is 21.3. The van der Waals surface area contributed by atoms with Crippen LogP contribution in [0, 0.1) is 0 Å². The zero-order valence-corrected chi connectivity index (χ0v) is 19.4. The predicted octanol–water partition coefficient (Wildman–Crippen LogP) is 3.23. The molecule has 1 aromatic carbocycles. The van der Waals surface area contributed by atoms with Crippen molar-refractivity contribution in [2.24, 2.45) is 0 Å². The van der Waals surface area contributed by atoms with Crippen LogP contribution in [0.3, 0.4) is 0 Å². The zero-order chi connectivity index (χ0) is 21.3. The molecule has 2 aromatic rings. The van der Waals surface area contributed by atoms with Gasteiger partial charge in [-0.05, 0) is 24.6 Å². The summed E-state index contributed by atoms with van der Waals surface area (Å²) in [6, 6.07) is 7.95. The van der Waals surface area contributed by atoms with Crippen LogP contribution in [0.1, 0.15) is 36.1 Å². The molecule has 0 aliphatic carbocycles. The number of piperazine rings is 1. The van der Waals surface area contributed by atoms with Crippen LogP contribution in [0.5, 0.6) is 0 Å². The number of aryl methyl sites for hydroxylation is 1. The summed E-state index contributed by atoms with van der Waals surface area (Å²) in [4.78, 5) is 33.8. The van der Waals surface area contributed by atoms with Crippen molar-refractivity contribution in [2.75, 3.05) is 32.8 Å². The summed E-state index contributed by atoms with van der Waals surface area (Å²) in [6.07, 6.45) is 0.421. The molecule has 10 heteroatoms. The molecule has 1 amide bonds. The molecule has 30 heavy (non-hydrogen) atoms. The van der Waals surface area contributed by atoms with Crippen molar-refractivity contribution in [3.05, 3.63) is 40.1 Å². The summed E-state index contributed by atoms with van der Waals surface area (Å²) in [6.45, 7) is 6.62. The van der Waals surface area contributed by atoms with E-state index in [0.29, 0.717) is 50.2 Å². The molecule has 2 atom stereocenters. The first-order valence-electron chi connectivity index (χ1n) is 10.1. The number of carbonyl (C=O) groups is 2. The quantitative estimate of drug-likeness (QED) is 0.632. The van der Waals surface area contributed by atoms with E-state index in [1.807, 2.05) is 38.1 Å². The molecule has 0 bridgehead atoms. The van der Waals surface area contributed by atoms with Gasteiger partial charge in [0.05, 0.1) is 12.6 Å². The Hall–Kier alpha value is -1.91. The SMILES string of the molecule is CCOC(=O)N1CCN(C(c2ccc(Br)cc2)C2Sc3nc(CC)nn3C2=O)CC1. The Morgan fingerprint density at radius 2 is 1.93 bits per heavy atom. The van der Waals surface area contributed by atoms with Gasteiger partial charge in [0, 0.05) is 37.1 Å². The van der Waals surface area contributed by atoms with Crippen molar-refractivity contribution in [3.63, 3.8) is 0 Å². The van der Waals surface area contributed by atoms with Gasteiger partial charge >= 0.3 is 6.09 Å². The van der Waals surface area contributed by atoms with E-state index in [1.54, 1.807) is 4.90 Å². The lowest BCUT2D eigenvalue weighted by molar-refractivity contribution is 0.0600. The molecule has 0 radical (unpaired) electrons. The lowest BCUT2D eigenvalue weighted by Gasteiger charge is -2.40. The third kappa shape index (κ3) is 4.13. The van der Waals surface area contributed by atoms with Crippen molar-refractivity contribution in [2.45, 2.75) is 36.7 Å². The van der Waals surface area contributed by atoms with E-state index in [2.05, 4.69) is 30.9 Å². The highest BCUT2D eigenvalue weighted by Gasteiger charge is 2.43. The van der Waals surface area contributed by atoms with Gasteiger partial charge in [-0.2, -0.15) is 4.68 Å². The predicted molar refractivity (Wildman–Crippen MR) is 117 cm³/mol. The van der Waals surface area contributed by atoms with Crippen molar-refractivity contribution in [3.8, 4) is 0 Å². The second kappa shape index (κ2) is 9.07. The van der Waals surface area contributed by atoms with Gasteiger partial charge in [-0.3, -0.25) is 9.69 Å². The number of carbonyl (C=O) groups excluding carboxylic acids is 2. The summed E-state index contributed by atoms with van der Waals surface area (Å²) in [7, 11) is 0. The molecule has 2 aliphatic rings. The second-order valence-electron chi connectivity index (χ2n) is 7.17. The number of nitrogens with zero attached hydrogens (tertiary/aromatic N) is 5. The molecule has 1 aromatic heterocycles. The number of thioether (sulfide) groups is 1. The lowest BCUT2D eigenvalue weighted by atomic mass is 10.00. The van der Waals surface area contributed by atoms with Gasteiger partial charge in [0.2, 0.25) is 0 Å². The maximum Gasteiger partial charge on any atom is 0.409 e. The third-order valence-electron chi connectivity index (χ3n) is 5.35. The molecule has 4 rings (SSSR count). The Bertz CT molecular complexity index is 927. The van der Waals surface area contributed by atoms with E-state index in [9.17, 15) is 9.59 Å². The Morgan fingerprint density at radius 1 is 1.23 bits per heavy atom. The average molecular weight is 494 g/mol. The molecule has 0 spiro atoms. The summed E-state index contributed by atoms with van der Waals surface area (Å²) in [5.41, 5.74) is 1.06. The third-order valence-corrected chi connectivity index (χ3v) is 7.07. The molecule has 0 N–H and O–H groups in total. The summed E-state index contributed by atoms with van der Waals surface area (Å²) in [5, 5.41) is 4.70. The molecule has 160 valence electrons. The second-order valence-corrected chi connectivity index (χ2v) is 9.20. The molecule has 2 unspecified atom stereocenters. The van der Waals surface area contributed by atoms with Crippen molar-refractivity contribution >= 4 is 39.7 Å². The molecule has 1 saturated heterocycles. The van der Waals surface area contributed by atoms with Gasteiger partial charge in [-0.25, -0.2) is 9.78 Å². The fraction of sp³-hybridized carbons (Fsp3) is 0.500. The van der Waals surface area contributed by atoms with Gasteiger partial charge in [0.1, 0.15) is 5.25 Å². The van der Waals surface area contributed by atoms with Crippen LogP contribution in [-0.2, 0) is 11.2 Å². The molecule has 3 heterocycles. The fourth-order valence-electron chi connectivity index (χ4n) is 3.83. The van der Waals surface area contributed by atoms with E-state index >= 15 is 0 Å². The van der Waals surface area contributed by atoms with Crippen molar-refractivity contribution in [1.29, 1.82) is 0 Å². The number of halogens is 1. The summed E-state index contributed by atoms with van der Waals surface area (Å²) >= 11 is 4.97. The molecule has 2 aliphatic heterocycles. The Kier molecular flexibility index (Phi) is 6.45. The minimum Gasteiger partial charge on any atom is -0.450 e. The summed E-state index contributed by atoms with van der Waals surface area (Å²) in [5.74, 6) is 0.649. The normalized spacial score (nSPS) is 20.3. The number of benzene rings is 1. The number of hydrogen-bond acceptors (Lipinski definition) is 7. The van der Waals surface area contributed by atoms with Crippen LogP contribution >= 0.6 is 27.7 Å². The van der Waals surface area contributed by atoms with Crippen LogP contribution in [0.25, 0.3) is 0 Å². The highest BCUT2D eigenvalue weighted by Crippen LogP contribution is 2.41. The van der Waals surface area contributed by atoms with E-state index in [4.69, 9.17) is 4.74 Å². The zero-order valence-electron chi connectivity index (χ0n) is 17.0. The van der Waals surface area contributed by atoms with Gasteiger partial charge in [0.25, 0.3) is 5.91 Å². The minimum atomic E-state index is -0.332. The standard InChI is InChI=1S/C20H24BrN5O3S/c1-3-15-22-19-26(23-15)18(27)17(30-19)16(13-5-7-14(21)8-6-13)24-9-11-25(12-10-24)20(28)29-4-2/h5-8,16-17H,3-4,9-12H2,1-2H3. The van der Waals surface area contributed by atoms with Gasteiger partial charge in [-0.1, -0.05) is 46.7 Å². The lowest BCUT2D eigenvalue weighted by Crippen LogP contribution is -2.52. The molecule has 0 saturated carbocycles. The average Bonchev–Trinajstić information content (AvgIpc) is 3.29. The van der Waals surface area contributed by atoms with E-state index in [1.165, 1.54) is 16.4 Å². The van der Waals surface area contributed by atoms with Crippen LogP contribution in [0.2, 0.25) is 0 Å². The Balaban J connectivity index is 1.57. The number of rotatable bonds is 5. The minimum absolute atomic E-state index is 0.0389. The molecule has 8 nitrogen and oxygen atoms in total. The van der Waals surface area contributed by atoms with Crippen LogP contribution < -0.4 is 0 Å². The highest BCUT2D eigenvalue weighted by molar-refractivity contribution is 9.10. The molecular formula is C20H24BrN5O3S. The van der Waals surface area contributed by atoms with E-state index < -0.39 is 0 Å². The maximum atomic E-state index is 13.2. The first-order valence-corrected chi connectivity index (χ1v) is 11.8. The van der Waals surface area contributed by atoms with Gasteiger partial charge < -0.3 is 9.64 Å². The molecular weight excluding hydrogens is 470 g/mol. The first-order chi connectivity index (χ1) is 14.5. The largest absolute Gasteiger partial charge is 0.450 e. The topological polar surface area (TPSA) is 80.6 Å². The number of amides is 1. The number of hydrogen-bond donors (Lipinski definition) is 0. The fourth-order valence-corrected chi connectivity index (χ4v) is 5.37. The smallest absolute Gasteiger partial charge is 0.409 e. The van der Waals surface area contributed by atoms with Crippen LogP contribution in [-0.4, -0.2) is 74.6 Å². The number of fused-ring (bicyclic) bond motifs is 1. The summed E-state index contributed by atoms with van der Waals surface area (Å²) < 4.78 is 7.57. The van der Waals surface area contributed by atoms with Gasteiger partial charge in [-0.15, -0.1) is 5.10 Å². The van der Waals surface area contributed by atoms with E-state index in [-0.39, 0.29) is 23.3 Å². The highest BCUT2D eigenvalue weighted by atomic mass is 79.9. The van der Waals surface area contributed by atoms with Crippen LogP contribution in [0.15, 0.2) is 33.9 Å². The maximum absolute atomic E-state index is 13.2. The van der Waals surface area contributed by atoms with Crippen molar-refractivity contribution in [1.82, 2.24) is 24.6 Å². The Morgan fingerprint density at radius 3 is 2.53 bits per heavy atom. The number of aromatic nitrogens is 3. The van der Waals surface area contributed by atoms with Gasteiger partial charge in [0.15, 0.2) is 11.0 Å². The molecule has 1 fully saturated rings. The number of ether oxygens (including phenoxy) is 1. The van der Waals surface area contributed by atoms with E-state index in [0.717, 1.165) is 10.0 Å². The van der Waals surface area contributed by atoms with Crippen molar-refractivity contribution < 1.29 is 14.3 Å². The monoisotopic (exact) mass is 493 g/mol. The Labute approximate surface area is 188 Å². The van der Waals surface area contributed by atoms with Crippen LogP contribution in [0.4, 0.5) is 4.79 Å².